The molecule has 0 aromatic heterocycles. The van der Waals surface area contributed by atoms with Crippen LogP contribution >= 0.6 is 0 Å². The fraction of sp³-hybridized carbons (Fsp3) is 0.588. The maximum absolute atomic E-state index is 12.7. The molecule has 7 heteroatoms. The van der Waals surface area contributed by atoms with Crippen molar-refractivity contribution >= 4 is 15.9 Å². The van der Waals surface area contributed by atoms with Crippen LogP contribution < -0.4 is 5.32 Å². The zero-order valence-corrected chi connectivity index (χ0v) is 15.3. The lowest BCUT2D eigenvalue weighted by Crippen LogP contribution is -2.53. The van der Waals surface area contributed by atoms with Crippen LogP contribution in [0.5, 0.6) is 0 Å². The lowest BCUT2D eigenvalue weighted by Gasteiger charge is -2.34. The van der Waals surface area contributed by atoms with Crippen molar-refractivity contribution < 1.29 is 18.3 Å². The second-order valence-corrected chi connectivity index (χ2v) is 9.12. The van der Waals surface area contributed by atoms with Crippen molar-refractivity contribution in [3.05, 3.63) is 35.4 Å². The maximum atomic E-state index is 12.7. The Morgan fingerprint density at radius 3 is 2.46 bits per heavy atom. The number of aliphatic hydroxyl groups excluding tert-OH is 1. The van der Waals surface area contributed by atoms with Gasteiger partial charge in [-0.05, 0) is 32.8 Å². The quantitative estimate of drug-likeness (QED) is 0.837. The van der Waals surface area contributed by atoms with E-state index >= 15 is 0 Å². The molecule has 0 aliphatic carbocycles. The Labute approximate surface area is 143 Å². The van der Waals surface area contributed by atoms with Gasteiger partial charge in [0, 0.05) is 12.6 Å². The first kappa shape index (κ1) is 18.7. The van der Waals surface area contributed by atoms with Gasteiger partial charge < -0.3 is 15.3 Å². The zero-order chi connectivity index (χ0) is 18.0. The van der Waals surface area contributed by atoms with Gasteiger partial charge in [-0.15, -0.1) is 0 Å². The first-order chi connectivity index (χ1) is 11.1. The number of nitrogens with one attached hydrogen (secondary N) is 1. The number of carbonyl (C=O) groups excluding carboxylic acids is 1. The molecular formula is C17H26N2O4S. The van der Waals surface area contributed by atoms with Crippen LogP contribution in [0.2, 0.25) is 0 Å². The molecule has 1 fully saturated rings. The van der Waals surface area contributed by atoms with Crippen LogP contribution in [0, 0.1) is 6.92 Å². The van der Waals surface area contributed by atoms with Crippen LogP contribution in [0.15, 0.2) is 24.3 Å². The number of nitrogens with zero attached hydrogens (tertiary/aromatic N) is 1. The molecule has 1 heterocycles. The number of benzene rings is 1. The van der Waals surface area contributed by atoms with Crippen molar-refractivity contribution in [1.29, 1.82) is 0 Å². The van der Waals surface area contributed by atoms with Gasteiger partial charge in [0.2, 0.25) is 0 Å². The molecule has 0 saturated carbocycles. The Kier molecular flexibility index (Phi) is 5.55. The predicted octanol–water partition coefficient (Wildman–Crippen LogP) is 1.42. The van der Waals surface area contributed by atoms with E-state index in [4.69, 9.17) is 0 Å². The summed E-state index contributed by atoms with van der Waals surface area (Å²) in [6.07, 6.45) is 0.417. The molecule has 1 aliphatic rings. The van der Waals surface area contributed by atoms with Crippen LogP contribution in [0.1, 0.15) is 31.4 Å². The number of amides is 2. The summed E-state index contributed by atoms with van der Waals surface area (Å²) in [5.41, 5.74) is 1.50. The summed E-state index contributed by atoms with van der Waals surface area (Å²) in [6, 6.07) is 7.17. The van der Waals surface area contributed by atoms with Crippen LogP contribution in [0.3, 0.4) is 0 Å². The summed E-state index contributed by atoms with van der Waals surface area (Å²) in [7, 11) is -3.10. The minimum absolute atomic E-state index is 0.0363. The molecule has 1 aromatic carbocycles. The van der Waals surface area contributed by atoms with Crippen molar-refractivity contribution in [3.8, 4) is 0 Å². The van der Waals surface area contributed by atoms with E-state index in [1.54, 1.807) is 0 Å². The standard InChI is InChI=1S/C17H26N2O4S/c1-13-4-6-14(7-5-13)17(2,3)18-16(21)19(9-10-20)15-8-11-24(22,23)12-15/h4-7,15,20H,8-12H2,1-3H3,(H,18,21). The predicted molar refractivity (Wildman–Crippen MR) is 93.6 cm³/mol. The van der Waals surface area contributed by atoms with Gasteiger partial charge in [-0.2, -0.15) is 0 Å². The SMILES string of the molecule is Cc1ccc(C(C)(C)NC(=O)N(CCO)C2CCS(=O)(=O)C2)cc1. The molecule has 24 heavy (non-hydrogen) atoms. The van der Waals surface area contributed by atoms with Gasteiger partial charge in [-0.25, -0.2) is 13.2 Å². The number of rotatable bonds is 5. The van der Waals surface area contributed by atoms with E-state index in [1.165, 1.54) is 4.90 Å². The number of carbonyl (C=O) groups is 1. The molecule has 1 atom stereocenters. The topological polar surface area (TPSA) is 86.7 Å². The maximum Gasteiger partial charge on any atom is 0.318 e. The number of hydrogen-bond acceptors (Lipinski definition) is 4. The highest BCUT2D eigenvalue weighted by atomic mass is 32.2. The van der Waals surface area contributed by atoms with Crippen molar-refractivity contribution in [1.82, 2.24) is 10.2 Å². The molecule has 1 unspecified atom stereocenters. The molecule has 0 radical (unpaired) electrons. The second-order valence-electron chi connectivity index (χ2n) is 6.90. The Balaban J connectivity index is 2.13. The largest absolute Gasteiger partial charge is 0.395 e. The molecule has 6 nitrogen and oxygen atoms in total. The molecule has 1 aromatic rings. The number of hydrogen-bond donors (Lipinski definition) is 2. The minimum atomic E-state index is -3.10. The Morgan fingerprint density at radius 1 is 1.33 bits per heavy atom. The monoisotopic (exact) mass is 354 g/mol. The van der Waals surface area contributed by atoms with E-state index in [0.717, 1.165) is 11.1 Å². The van der Waals surface area contributed by atoms with E-state index in [2.05, 4.69) is 5.32 Å². The third-order valence-corrected chi connectivity index (χ3v) is 6.19. The molecule has 134 valence electrons. The van der Waals surface area contributed by atoms with E-state index in [9.17, 15) is 18.3 Å². The molecule has 1 saturated heterocycles. The third-order valence-electron chi connectivity index (χ3n) is 4.44. The lowest BCUT2D eigenvalue weighted by molar-refractivity contribution is 0.150. The second kappa shape index (κ2) is 7.11. The Hall–Kier alpha value is -1.60. The average molecular weight is 354 g/mol. The molecule has 0 bridgehead atoms. The van der Waals surface area contributed by atoms with Gasteiger partial charge in [0.05, 0.1) is 23.7 Å². The highest BCUT2D eigenvalue weighted by Gasteiger charge is 2.36. The third kappa shape index (κ3) is 4.48. The Morgan fingerprint density at radius 2 is 1.96 bits per heavy atom. The first-order valence-electron chi connectivity index (χ1n) is 8.12. The zero-order valence-electron chi connectivity index (χ0n) is 14.4. The van der Waals surface area contributed by atoms with Crippen molar-refractivity contribution in [2.45, 2.75) is 38.8 Å². The normalized spacial score (nSPS) is 19.9. The van der Waals surface area contributed by atoms with Gasteiger partial charge in [0.1, 0.15) is 0 Å². The minimum Gasteiger partial charge on any atom is -0.395 e. The average Bonchev–Trinajstić information content (AvgIpc) is 2.84. The lowest BCUT2D eigenvalue weighted by atomic mass is 9.93. The number of sulfone groups is 1. The van der Waals surface area contributed by atoms with E-state index in [0.29, 0.717) is 6.42 Å². The highest BCUT2D eigenvalue weighted by Crippen LogP contribution is 2.23. The summed E-state index contributed by atoms with van der Waals surface area (Å²) in [4.78, 5) is 14.1. The van der Waals surface area contributed by atoms with Gasteiger partial charge >= 0.3 is 6.03 Å². The van der Waals surface area contributed by atoms with Crippen molar-refractivity contribution in [3.63, 3.8) is 0 Å². The molecule has 2 rings (SSSR count). The van der Waals surface area contributed by atoms with E-state index in [1.807, 2.05) is 45.0 Å². The smallest absolute Gasteiger partial charge is 0.318 e. The van der Waals surface area contributed by atoms with Gasteiger partial charge in [-0.1, -0.05) is 29.8 Å². The Bertz CT molecular complexity index is 683. The summed E-state index contributed by atoms with van der Waals surface area (Å²) in [5, 5.41) is 12.2. The van der Waals surface area contributed by atoms with Gasteiger partial charge in [-0.3, -0.25) is 0 Å². The molecule has 1 aliphatic heterocycles. The number of aryl methyl sites for hydroxylation is 1. The van der Waals surface area contributed by atoms with Gasteiger partial charge in [0.25, 0.3) is 0 Å². The number of aliphatic hydroxyl groups is 1. The fourth-order valence-corrected chi connectivity index (χ4v) is 4.69. The fourth-order valence-electron chi connectivity index (χ4n) is 2.96. The van der Waals surface area contributed by atoms with Crippen molar-refractivity contribution in [2.75, 3.05) is 24.7 Å². The van der Waals surface area contributed by atoms with Crippen LogP contribution in [0.4, 0.5) is 4.79 Å². The van der Waals surface area contributed by atoms with Gasteiger partial charge in [0.15, 0.2) is 9.84 Å². The van der Waals surface area contributed by atoms with Crippen LogP contribution in [0.25, 0.3) is 0 Å². The summed E-state index contributed by atoms with van der Waals surface area (Å²) >= 11 is 0. The van der Waals surface area contributed by atoms with E-state index < -0.39 is 15.4 Å². The summed E-state index contributed by atoms with van der Waals surface area (Å²) in [6.45, 7) is 5.72. The highest BCUT2D eigenvalue weighted by molar-refractivity contribution is 7.91. The van der Waals surface area contributed by atoms with Crippen molar-refractivity contribution in [2.24, 2.45) is 0 Å². The van der Waals surface area contributed by atoms with Crippen LogP contribution in [-0.2, 0) is 15.4 Å². The number of urea groups is 1. The summed E-state index contributed by atoms with van der Waals surface area (Å²) < 4.78 is 23.4. The molecule has 2 N–H and O–H groups in total. The van der Waals surface area contributed by atoms with E-state index in [-0.39, 0.29) is 36.7 Å². The molecule has 2 amide bonds. The van der Waals surface area contributed by atoms with Crippen LogP contribution in [-0.4, -0.2) is 55.2 Å². The summed E-state index contributed by atoms with van der Waals surface area (Å²) in [5.74, 6) is 0.0552. The first-order valence-corrected chi connectivity index (χ1v) is 9.94. The molecule has 0 spiro atoms. The molecular weight excluding hydrogens is 328 g/mol.